The molecule has 2 aromatic rings. The van der Waals surface area contributed by atoms with E-state index in [0.717, 1.165) is 4.68 Å². The zero-order chi connectivity index (χ0) is 11.7. The highest BCUT2D eigenvalue weighted by atomic mass is 79.9. The zero-order valence-electron chi connectivity index (χ0n) is 8.36. The number of para-hydroxylation sites is 1. The Morgan fingerprint density at radius 2 is 1.94 bits per heavy atom. The van der Waals surface area contributed by atoms with Crippen LogP contribution in [0.15, 0.2) is 24.4 Å². The summed E-state index contributed by atoms with van der Waals surface area (Å²) >= 11 is 3.30. The van der Waals surface area contributed by atoms with Crippen molar-refractivity contribution in [2.75, 3.05) is 0 Å². The van der Waals surface area contributed by atoms with Gasteiger partial charge in [0.2, 0.25) is 0 Å². The fourth-order valence-electron chi connectivity index (χ4n) is 1.28. The molecule has 3 nitrogen and oxygen atoms in total. The largest absolute Gasteiger partial charge is 0.214 e. The monoisotopic (exact) mass is 287 g/mol. The molecule has 0 saturated heterocycles. The van der Waals surface area contributed by atoms with Gasteiger partial charge in [-0.1, -0.05) is 27.2 Å². The fourth-order valence-corrected chi connectivity index (χ4v) is 1.49. The second-order valence-corrected chi connectivity index (χ2v) is 4.65. The van der Waals surface area contributed by atoms with Gasteiger partial charge < -0.3 is 0 Å². The number of rotatable bonds is 2. The van der Waals surface area contributed by atoms with Crippen molar-refractivity contribution in [3.05, 3.63) is 41.7 Å². The van der Waals surface area contributed by atoms with Crippen LogP contribution in [0.5, 0.6) is 0 Å². The molecule has 1 unspecified atom stereocenters. The molecular formula is C10H8BrF2N3. The molecule has 0 bridgehead atoms. The molecule has 16 heavy (non-hydrogen) atoms. The number of benzene rings is 1. The molecule has 1 aromatic carbocycles. The normalized spacial score (nSPS) is 12.8. The average molecular weight is 288 g/mol. The summed E-state index contributed by atoms with van der Waals surface area (Å²) in [6, 6.07) is 3.66. The second-order valence-electron chi connectivity index (χ2n) is 3.27. The molecule has 84 valence electrons. The highest BCUT2D eigenvalue weighted by Gasteiger charge is 2.14. The summed E-state index contributed by atoms with van der Waals surface area (Å²) in [5.41, 5.74) is 0.400. The molecule has 6 heteroatoms. The van der Waals surface area contributed by atoms with Gasteiger partial charge in [0.15, 0.2) is 11.6 Å². The van der Waals surface area contributed by atoms with E-state index in [1.54, 1.807) is 0 Å². The molecule has 0 fully saturated rings. The average Bonchev–Trinajstić information content (AvgIpc) is 2.66. The Balaban J connectivity index is 2.50. The number of nitrogens with zero attached hydrogens (tertiary/aromatic N) is 3. The van der Waals surface area contributed by atoms with Crippen LogP contribution in [0, 0.1) is 11.6 Å². The summed E-state index contributed by atoms with van der Waals surface area (Å²) in [5.74, 6) is -1.34. The molecular weight excluding hydrogens is 280 g/mol. The first-order chi connectivity index (χ1) is 7.59. The minimum absolute atomic E-state index is 0.0175. The Morgan fingerprint density at radius 3 is 2.44 bits per heavy atom. The zero-order valence-corrected chi connectivity index (χ0v) is 9.95. The maximum atomic E-state index is 13.4. The minimum atomic E-state index is -0.668. The van der Waals surface area contributed by atoms with E-state index in [0.29, 0.717) is 5.69 Å². The van der Waals surface area contributed by atoms with Gasteiger partial charge in [0.1, 0.15) is 5.69 Å². The lowest BCUT2D eigenvalue weighted by atomic mass is 10.3. The molecule has 0 spiro atoms. The summed E-state index contributed by atoms with van der Waals surface area (Å²) in [5, 5.41) is 7.49. The minimum Gasteiger partial charge on any atom is -0.214 e. The van der Waals surface area contributed by atoms with Gasteiger partial charge in [-0.05, 0) is 19.1 Å². The lowest BCUT2D eigenvalue weighted by Gasteiger charge is -2.02. The van der Waals surface area contributed by atoms with Crippen LogP contribution in [0.1, 0.15) is 17.4 Å². The molecule has 0 amide bonds. The highest BCUT2D eigenvalue weighted by Crippen LogP contribution is 2.21. The van der Waals surface area contributed by atoms with Crippen LogP contribution < -0.4 is 0 Å². The van der Waals surface area contributed by atoms with E-state index < -0.39 is 11.6 Å². The van der Waals surface area contributed by atoms with E-state index in [-0.39, 0.29) is 10.5 Å². The van der Waals surface area contributed by atoms with Gasteiger partial charge in [-0.15, -0.1) is 5.10 Å². The summed E-state index contributed by atoms with van der Waals surface area (Å²) in [7, 11) is 0. The maximum absolute atomic E-state index is 13.4. The summed E-state index contributed by atoms with van der Waals surface area (Å²) in [4.78, 5) is -0.0175. The Morgan fingerprint density at radius 1 is 1.31 bits per heavy atom. The Bertz CT molecular complexity index is 490. The molecule has 0 N–H and O–H groups in total. The van der Waals surface area contributed by atoms with E-state index in [2.05, 4.69) is 26.2 Å². The standard InChI is InChI=1S/C10H8BrF2N3/c1-6(11)9-5-16(15-14-9)10-7(12)3-2-4-8(10)13/h2-6H,1H3. The van der Waals surface area contributed by atoms with Crippen LogP contribution in [0.4, 0.5) is 8.78 Å². The third-order valence-electron chi connectivity index (χ3n) is 2.09. The van der Waals surface area contributed by atoms with E-state index in [1.165, 1.54) is 24.4 Å². The van der Waals surface area contributed by atoms with Crippen molar-refractivity contribution in [2.24, 2.45) is 0 Å². The lowest BCUT2D eigenvalue weighted by Crippen LogP contribution is -2.01. The van der Waals surface area contributed by atoms with Crippen LogP contribution in [0.3, 0.4) is 0 Å². The Labute approximate surface area is 99.2 Å². The predicted octanol–water partition coefficient (Wildman–Crippen LogP) is 3.00. The molecule has 0 aliphatic rings. The topological polar surface area (TPSA) is 30.7 Å². The van der Waals surface area contributed by atoms with Crippen molar-refractivity contribution in [2.45, 2.75) is 11.8 Å². The van der Waals surface area contributed by atoms with Gasteiger partial charge in [-0.2, -0.15) is 0 Å². The number of halogens is 3. The van der Waals surface area contributed by atoms with Gasteiger partial charge in [0.25, 0.3) is 0 Å². The molecule has 0 aliphatic carbocycles. The Kier molecular flexibility index (Phi) is 3.00. The van der Waals surface area contributed by atoms with Crippen molar-refractivity contribution in [3.63, 3.8) is 0 Å². The lowest BCUT2D eigenvalue weighted by molar-refractivity contribution is 0.556. The maximum Gasteiger partial charge on any atom is 0.151 e. The van der Waals surface area contributed by atoms with Gasteiger partial charge in [-0.3, -0.25) is 0 Å². The van der Waals surface area contributed by atoms with Gasteiger partial charge in [0, 0.05) is 0 Å². The molecule has 0 aliphatic heterocycles. The second kappa shape index (κ2) is 4.29. The summed E-state index contributed by atoms with van der Waals surface area (Å²) in [6.45, 7) is 1.85. The smallest absolute Gasteiger partial charge is 0.151 e. The highest BCUT2D eigenvalue weighted by molar-refractivity contribution is 9.09. The van der Waals surface area contributed by atoms with Gasteiger partial charge in [-0.25, -0.2) is 13.5 Å². The number of aromatic nitrogens is 3. The SMILES string of the molecule is CC(Br)c1cn(-c2c(F)cccc2F)nn1. The van der Waals surface area contributed by atoms with E-state index in [9.17, 15) is 8.78 Å². The van der Waals surface area contributed by atoms with Crippen molar-refractivity contribution in [3.8, 4) is 5.69 Å². The fraction of sp³-hybridized carbons (Fsp3) is 0.200. The summed E-state index contributed by atoms with van der Waals surface area (Å²) < 4.78 is 27.9. The van der Waals surface area contributed by atoms with E-state index >= 15 is 0 Å². The number of hydrogen-bond donors (Lipinski definition) is 0. The molecule has 0 radical (unpaired) electrons. The predicted molar refractivity (Wildman–Crippen MR) is 58.6 cm³/mol. The molecule has 1 heterocycles. The third kappa shape index (κ3) is 1.97. The van der Waals surface area contributed by atoms with Gasteiger partial charge in [0.05, 0.1) is 16.7 Å². The number of hydrogen-bond acceptors (Lipinski definition) is 2. The van der Waals surface area contributed by atoms with Crippen molar-refractivity contribution in [1.82, 2.24) is 15.0 Å². The third-order valence-corrected chi connectivity index (χ3v) is 2.55. The van der Waals surface area contributed by atoms with E-state index in [1.807, 2.05) is 6.92 Å². The van der Waals surface area contributed by atoms with Crippen molar-refractivity contribution < 1.29 is 8.78 Å². The van der Waals surface area contributed by atoms with Crippen LogP contribution >= 0.6 is 15.9 Å². The summed E-state index contributed by atoms with van der Waals surface area (Å²) in [6.07, 6.45) is 1.49. The van der Waals surface area contributed by atoms with Crippen molar-refractivity contribution >= 4 is 15.9 Å². The first-order valence-corrected chi connectivity index (χ1v) is 5.52. The Hall–Kier alpha value is -1.30. The molecule has 2 rings (SSSR count). The quantitative estimate of drug-likeness (QED) is 0.795. The van der Waals surface area contributed by atoms with Crippen LogP contribution in [-0.2, 0) is 0 Å². The number of alkyl halides is 1. The van der Waals surface area contributed by atoms with Gasteiger partial charge >= 0.3 is 0 Å². The van der Waals surface area contributed by atoms with E-state index in [4.69, 9.17) is 0 Å². The first-order valence-electron chi connectivity index (χ1n) is 4.60. The van der Waals surface area contributed by atoms with Crippen LogP contribution in [0.25, 0.3) is 5.69 Å². The molecule has 1 aromatic heterocycles. The first kappa shape index (κ1) is 11.2. The molecule has 1 atom stereocenters. The molecule has 0 saturated carbocycles. The van der Waals surface area contributed by atoms with Crippen LogP contribution in [0.2, 0.25) is 0 Å². The van der Waals surface area contributed by atoms with Crippen LogP contribution in [-0.4, -0.2) is 15.0 Å². The van der Waals surface area contributed by atoms with Crippen molar-refractivity contribution in [1.29, 1.82) is 0 Å².